The van der Waals surface area contributed by atoms with Gasteiger partial charge < -0.3 is 15.3 Å². The van der Waals surface area contributed by atoms with E-state index in [9.17, 15) is 9.90 Å². The maximum Gasteiger partial charge on any atom is 0.272 e. The minimum absolute atomic E-state index is 0.0973. The molecule has 0 unspecified atom stereocenters. The number of aryl methyl sites for hydroxylation is 1. The summed E-state index contributed by atoms with van der Waals surface area (Å²) >= 11 is 0. The Morgan fingerprint density at radius 1 is 1.36 bits per heavy atom. The Kier molecular flexibility index (Phi) is 4.22. The number of rotatable bonds is 2. The van der Waals surface area contributed by atoms with Gasteiger partial charge in [-0.15, -0.1) is 0 Å². The number of nitrogens with one attached hydrogen (secondary N) is 1. The summed E-state index contributed by atoms with van der Waals surface area (Å²) in [6.45, 7) is 2.13. The molecule has 2 N–H and O–H groups in total. The van der Waals surface area contributed by atoms with E-state index in [2.05, 4.69) is 10.4 Å². The zero-order valence-electron chi connectivity index (χ0n) is 12.6. The minimum atomic E-state index is -0.534. The highest BCUT2D eigenvalue weighted by atomic mass is 16.3. The average Bonchev–Trinajstić information content (AvgIpc) is 2.78. The van der Waals surface area contributed by atoms with Crippen LogP contribution in [0, 0.1) is 0 Å². The summed E-state index contributed by atoms with van der Waals surface area (Å²) in [6.07, 6.45) is -0.534. The number of hydrogen-bond acceptors (Lipinski definition) is 4. The number of amides is 1. The average molecular weight is 300 g/mol. The predicted octanol–water partition coefficient (Wildman–Crippen LogP) is 0.493. The fourth-order valence-corrected chi connectivity index (χ4v) is 2.66. The quantitative estimate of drug-likeness (QED) is 0.847. The molecule has 0 radical (unpaired) electrons. The van der Waals surface area contributed by atoms with E-state index >= 15 is 0 Å². The van der Waals surface area contributed by atoms with Gasteiger partial charge in [0.15, 0.2) is 0 Å². The molecule has 0 aliphatic carbocycles. The summed E-state index contributed by atoms with van der Waals surface area (Å²) in [4.78, 5) is 14.4. The van der Waals surface area contributed by atoms with Crippen molar-refractivity contribution in [3.05, 3.63) is 42.1 Å². The first-order chi connectivity index (χ1) is 10.6. The first-order valence-corrected chi connectivity index (χ1v) is 7.42. The van der Waals surface area contributed by atoms with E-state index in [1.54, 1.807) is 16.6 Å². The van der Waals surface area contributed by atoms with Crippen LogP contribution < -0.4 is 5.32 Å². The van der Waals surface area contributed by atoms with E-state index in [4.69, 9.17) is 0 Å². The van der Waals surface area contributed by atoms with E-state index in [1.165, 1.54) is 0 Å². The van der Waals surface area contributed by atoms with Crippen LogP contribution in [0.4, 0.5) is 0 Å². The molecule has 3 rings (SSSR count). The molecule has 2 aromatic rings. The number of β-amino-alcohol motifs (C(OH)–C–C–N with tert-alkyl or cyclic N) is 1. The van der Waals surface area contributed by atoms with E-state index in [1.807, 2.05) is 36.4 Å². The SMILES string of the molecule is Cn1nc(-c2ccccc2)cc1C(=O)N1CCNC[C@H](O)C1. The molecule has 1 aliphatic heterocycles. The third-order valence-electron chi connectivity index (χ3n) is 3.83. The maximum absolute atomic E-state index is 12.7. The van der Waals surface area contributed by atoms with Gasteiger partial charge in [-0.3, -0.25) is 9.48 Å². The fraction of sp³-hybridized carbons (Fsp3) is 0.375. The Labute approximate surface area is 129 Å². The summed E-state index contributed by atoms with van der Waals surface area (Å²) in [7, 11) is 1.77. The zero-order chi connectivity index (χ0) is 15.5. The molecule has 116 valence electrons. The first kappa shape index (κ1) is 14.7. The Bertz CT molecular complexity index is 653. The molecular weight excluding hydrogens is 280 g/mol. The number of aliphatic hydroxyl groups excluding tert-OH is 1. The highest BCUT2D eigenvalue weighted by Crippen LogP contribution is 2.19. The monoisotopic (exact) mass is 300 g/mol. The number of hydrogen-bond donors (Lipinski definition) is 2. The summed E-state index contributed by atoms with van der Waals surface area (Å²) in [5.41, 5.74) is 2.29. The maximum atomic E-state index is 12.7. The van der Waals surface area contributed by atoms with Gasteiger partial charge in [0.05, 0.1) is 11.8 Å². The molecule has 1 aromatic heterocycles. The second-order valence-corrected chi connectivity index (χ2v) is 5.51. The Morgan fingerprint density at radius 3 is 2.91 bits per heavy atom. The van der Waals surface area contributed by atoms with Crippen molar-refractivity contribution in [3.63, 3.8) is 0 Å². The van der Waals surface area contributed by atoms with Gasteiger partial charge in [-0.05, 0) is 6.07 Å². The largest absolute Gasteiger partial charge is 0.390 e. The van der Waals surface area contributed by atoms with E-state index in [0.717, 1.165) is 11.3 Å². The lowest BCUT2D eigenvalue weighted by Crippen LogP contribution is -2.38. The van der Waals surface area contributed by atoms with Gasteiger partial charge in [-0.1, -0.05) is 30.3 Å². The molecule has 0 spiro atoms. The molecule has 1 amide bonds. The van der Waals surface area contributed by atoms with Gasteiger partial charge >= 0.3 is 0 Å². The molecular formula is C16H20N4O2. The van der Waals surface area contributed by atoms with Gasteiger partial charge in [-0.25, -0.2) is 0 Å². The molecule has 0 bridgehead atoms. The summed E-state index contributed by atoms with van der Waals surface area (Å²) in [5.74, 6) is -0.0973. The third-order valence-corrected chi connectivity index (χ3v) is 3.83. The summed E-state index contributed by atoms with van der Waals surface area (Å²) in [5, 5.41) is 17.4. The molecule has 1 atom stereocenters. The smallest absolute Gasteiger partial charge is 0.272 e. The number of aliphatic hydroxyl groups is 1. The first-order valence-electron chi connectivity index (χ1n) is 7.42. The van der Waals surface area contributed by atoms with Gasteiger partial charge in [0.2, 0.25) is 0 Å². The van der Waals surface area contributed by atoms with Gasteiger partial charge in [0.1, 0.15) is 5.69 Å². The van der Waals surface area contributed by atoms with Crippen LogP contribution in [0.25, 0.3) is 11.3 Å². The Balaban J connectivity index is 1.85. The van der Waals surface area contributed by atoms with Crippen molar-refractivity contribution in [3.8, 4) is 11.3 Å². The molecule has 1 fully saturated rings. The highest BCUT2D eigenvalue weighted by molar-refractivity contribution is 5.93. The van der Waals surface area contributed by atoms with Crippen molar-refractivity contribution in [2.24, 2.45) is 7.05 Å². The molecule has 6 heteroatoms. The lowest BCUT2D eigenvalue weighted by atomic mass is 10.1. The molecule has 0 saturated carbocycles. The second kappa shape index (κ2) is 6.29. The highest BCUT2D eigenvalue weighted by Gasteiger charge is 2.24. The number of aromatic nitrogens is 2. The number of nitrogens with zero attached hydrogens (tertiary/aromatic N) is 3. The van der Waals surface area contributed by atoms with Crippen molar-refractivity contribution in [1.29, 1.82) is 0 Å². The molecule has 1 saturated heterocycles. The van der Waals surface area contributed by atoms with Crippen LogP contribution >= 0.6 is 0 Å². The van der Waals surface area contributed by atoms with Crippen molar-refractivity contribution in [1.82, 2.24) is 20.0 Å². The van der Waals surface area contributed by atoms with Gasteiger partial charge in [-0.2, -0.15) is 5.10 Å². The number of carbonyl (C=O) groups excluding carboxylic acids is 1. The van der Waals surface area contributed by atoms with E-state index in [-0.39, 0.29) is 5.91 Å². The van der Waals surface area contributed by atoms with Crippen LogP contribution in [0.1, 0.15) is 10.5 Å². The second-order valence-electron chi connectivity index (χ2n) is 5.51. The van der Waals surface area contributed by atoms with Crippen LogP contribution in [-0.2, 0) is 7.05 Å². The Hall–Kier alpha value is -2.18. The minimum Gasteiger partial charge on any atom is -0.390 e. The summed E-state index contributed by atoms with van der Waals surface area (Å²) < 4.78 is 1.61. The number of carbonyl (C=O) groups is 1. The zero-order valence-corrected chi connectivity index (χ0v) is 12.6. The molecule has 6 nitrogen and oxygen atoms in total. The lowest BCUT2D eigenvalue weighted by molar-refractivity contribution is 0.0662. The van der Waals surface area contributed by atoms with Crippen LogP contribution in [0.15, 0.2) is 36.4 Å². The van der Waals surface area contributed by atoms with Crippen molar-refractivity contribution < 1.29 is 9.90 Å². The molecule has 22 heavy (non-hydrogen) atoms. The van der Waals surface area contributed by atoms with Gasteiger partial charge in [0, 0.05) is 38.8 Å². The summed E-state index contributed by atoms with van der Waals surface area (Å²) in [6, 6.07) is 11.6. The van der Waals surface area contributed by atoms with Crippen LogP contribution in [0.5, 0.6) is 0 Å². The van der Waals surface area contributed by atoms with Crippen molar-refractivity contribution in [2.45, 2.75) is 6.10 Å². The fourth-order valence-electron chi connectivity index (χ4n) is 2.66. The standard InChI is InChI=1S/C16H20N4O2/c1-19-15(9-14(18-19)12-5-3-2-4-6-12)16(22)20-8-7-17-10-13(21)11-20/h2-6,9,13,17,21H,7-8,10-11H2,1H3/t13-/m0/s1. The number of benzene rings is 1. The Morgan fingerprint density at radius 2 is 2.14 bits per heavy atom. The van der Waals surface area contributed by atoms with Gasteiger partial charge in [0.25, 0.3) is 5.91 Å². The van der Waals surface area contributed by atoms with E-state index < -0.39 is 6.10 Å². The van der Waals surface area contributed by atoms with Crippen molar-refractivity contribution in [2.75, 3.05) is 26.2 Å². The lowest BCUT2D eigenvalue weighted by Gasteiger charge is -2.21. The van der Waals surface area contributed by atoms with Crippen LogP contribution in [0.3, 0.4) is 0 Å². The van der Waals surface area contributed by atoms with E-state index in [0.29, 0.717) is 31.9 Å². The molecule has 2 heterocycles. The molecule has 1 aromatic carbocycles. The normalized spacial score (nSPS) is 19.0. The van der Waals surface area contributed by atoms with Crippen molar-refractivity contribution >= 4 is 5.91 Å². The molecule has 1 aliphatic rings. The third kappa shape index (κ3) is 3.03. The van der Waals surface area contributed by atoms with Crippen LogP contribution in [0.2, 0.25) is 0 Å². The van der Waals surface area contributed by atoms with Crippen LogP contribution in [-0.4, -0.2) is 58.0 Å². The topological polar surface area (TPSA) is 70.4 Å². The predicted molar refractivity (Wildman–Crippen MR) is 83.4 cm³/mol.